The van der Waals surface area contributed by atoms with Crippen molar-refractivity contribution in [1.82, 2.24) is 0 Å². The fraction of sp³-hybridized carbons (Fsp3) is 0.300. The van der Waals surface area contributed by atoms with Crippen molar-refractivity contribution in [3.8, 4) is 0 Å². The van der Waals surface area contributed by atoms with Crippen molar-refractivity contribution >= 4 is 47.2 Å². The molecule has 7 heteroatoms. The van der Waals surface area contributed by atoms with Crippen molar-refractivity contribution in [2.75, 3.05) is 10.2 Å². The molecule has 5 nitrogen and oxygen atoms in total. The van der Waals surface area contributed by atoms with Gasteiger partial charge in [-0.15, -0.1) is 12.4 Å². The molecule has 1 atom stereocenters. The molecule has 2 amide bonds. The highest BCUT2D eigenvalue weighted by atomic mass is 35.5. The highest BCUT2D eigenvalue weighted by Gasteiger charge is 2.24. The fourth-order valence-corrected chi connectivity index (χ4v) is 3.21. The van der Waals surface area contributed by atoms with E-state index in [1.54, 1.807) is 11.8 Å². The molecule has 1 aliphatic rings. The standard InChI is InChI=1S/C20H22ClN3O2.ClH/c1-13(22)10-19(25)23-17-7-8-18-15(11-17)4-9-20(26)24(18)12-14-2-5-16(21)6-3-14;/h2-3,5-8,11,13H,4,9-10,12,22H2,1H3,(H,23,25);1H. The number of aryl methyl sites for hydroxylation is 1. The maximum atomic E-state index is 12.4. The molecule has 0 aromatic heterocycles. The van der Waals surface area contributed by atoms with Crippen LogP contribution in [0.1, 0.15) is 30.9 Å². The maximum Gasteiger partial charge on any atom is 0.227 e. The van der Waals surface area contributed by atoms with E-state index < -0.39 is 0 Å². The summed E-state index contributed by atoms with van der Waals surface area (Å²) >= 11 is 5.93. The number of anilines is 2. The number of nitrogens with two attached hydrogens (primary N) is 1. The van der Waals surface area contributed by atoms with Crippen LogP contribution in [0.3, 0.4) is 0 Å². The average molecular weight is 408 g/mol. The van der Waals surface area contributed by atoms with Gasteiger partial charge in [-0.2, -0.15) is 0 Å². The van der Waals surface area contributed by atoms with Gasteiger partial charge in [-0.25, -0.2) is 0 Å². The predicted molar refractivity (Wildman–Crippen MR) is 112 cm³/mol. The third-order valence-corrected chi connectivity index (χ3v) is 4.58. The second kappa shape index (κ2) is 9.22. The molecule has 2 aromatic rings. The van der Waals surface area contributed by atoms with E-state index >= 15 is 0 Å². The van der Waals surface area contributed by atoms with Gasteiger partial charge >= 0.3 is 0 Å². The largest absolute Gasteiger partial charge is 0.327 e. The Morgan fingerprint density at radius 2 is 1.93 bits per heavy atom. The number of benzene rings is 2. The Morgan fingerprint density at radius 1 is 1.22 bits per heavy atom. The third kappa shape index (κ3) is 5.45. The quantitative estimate of drug-likeness (QED) is 0.788. The van der Waals surface area contributed by atoms with Crippen LogP contribution in [0.25, 0.3) is 0 Å². The van der Waals surface area contributed by atoms with Gasteiger partial charge in [0.05, 0.1) is 6.54 Å². The number of nitrogens with one attached hydrogen (secondary N) is 1. The Morgan fingerprint density at radius 3 is 2.59 bits per heavy atom. The summed E-state index contributed by atoms with van der Waals surface area (Å²) in [7, 11) is 0. The molecule has 3 rings (SSSR count). The second-order valence-corrected chi connectivity index (χ2v) is 7.12. The summed E-state index contributed by atoms with van der Waals surface area (Å²) in [4.78, 5) is 26.1. The van der Waals surface area contributed by atoms with E-state index in [0.29, 0.717) is 24.4 Å². The number of fused-ring (bicyclic) bond motifs is 1. The van der Waals surface area contributed by atoms with Crippen molar-refractivity contribution < 1.29 is 9.59 Å². The molecule has 0 bridgehead atoms. The lowest BCUT2D eigenvalue weighted by atomic mass is 9.99. The van der Waals surface area contributed by atoms with E-state index in [4.69, 9.17) is 17.3 Å². The molecule has 0 aliphatic carbocycles. The van der Waals surface area contributed by atoms with Gasteiger partial charge in [-0.3, -0.25) is 9.59 Å². The van der Waals surface area contributed by atoms with Gasteiger partial charge in [0.15, 0.2) is 0 Å². The SMILES string of the molecule is CC(N)CC(=O)Nc1ccc2c(c1)CCC(=O)N2Cc1ccc(Cl)cc1.Cl. The molecule has 0 spiro atoms. The lowest BCUT2D eigenvalue weighted by Crippen LogP contribution is -2.34. The van der Waals surface area contributed by atoms with Gasteiger partial charge in [-0.1, -0.05) is 23.7 Å². The van der Waals surface area contributed by atoms with Crippen LogP contribution in [0.2, 0.25) is 5.02 Å². The maximum absolute atomic E-state index is 12.4. The van der Waals surface area contributed by atoms with E-state index in [1.165, 1.54) is 0 Å². The van der Waals surface area contributed by atoms with Gasteiger partial charge in [0.25, 0.3) is 0 Å². The van der Waals surface area contributed by atoms with E-state index in [0.717, 1.165) is 22.5 Å². The number of rotatable bonds is 5. The fourth-order valence-electron chi connectivity index (χ4n) is 3.09. The lowest BCUT2D eigenvalue weighted by molar-refractivity contribution is -0.119. The van der Waals surface area contributed by atoms with E-state index in [-0.39, 0.29) is 36.7 Å². The molecule has 0 saturated heterocycles. The zero-order chi connectivity index (χ0) is 18.7. The highest BCUT2D eigenvalue weighted by Crippen LogP contribution is 2.31. The van der Waals surface area contributed by atoms with E-state index in [1.807, 2.05) is 42.5 Å². The van der Waals surface area contributed by atoms with Crippen molar-refractivity contribution in [2.45, 2.75) is 38.8 Å². The zero-order valence-electron chi connectivity index (χ0n) is 15.1. The molecule has 3 N–H and O–H groups in total. The summed E-state index contributed by atoms with van der Waals surface area (Å²) in [5, 5.41) is 3.54. The molecule has 1 unspecified atom stereocenters. The highest BCUT2D eigenvalue weighted by molar-refractivity contribution is 6.30. The number of amides is 2. The Labute approximate surface area is 170 Å². The van der Waals surface area contributed by atoms with Crippen LogP contribution in [0.15, 0.2) is 42.5 Å². The van der Waals surface area contributed by atoms with Gasteiger partial charge in [0, 0.05) is 35.3 Å². The van der Waals surface area contributed by atoms with Gasteiger partial charge in [0.1, 0.15) is 0 Å². The van der Waals surface area contributed by atoms with Crippen molar-refractivity contribution in [2.24, 2.45) is 5.73 Å². The van der Waals surface area contributed by atoms with Crippen LogP contribution >= 0.6 is 24.0 Å². The summed E-state index contributed by atoms with van der Waals surface area (Å²) in [5.74, 6) is -0.00829. The Bertz CT molecular complexity index is 822. The van der Waals surface area contributed by atoms with Crippen LogP contribution in [-0.2, 0) is 22.6 Å². The first-order valence-electron chi connectivity index (χ1n) is 8.65. The number of halogens is 2. The van der Waals surface area contributed by atoms with Crippen molar-refractivity contribution in [3.63, 3.8) is 0 Å². The van der Waals surface area contributed by atoms with Gasteiger partial charge in [-0.05, 0) is 54.8 Å². The monoisotopic (exact) mass is 407 g/mol. The number of carbonyl (C=O) groups excluding carboxylic acids is 2. The summed E-state index contributed by atoms with van der Waals surface area (Å²) in [6.07, 6.45) is 1.40. The lowest BCUT2D eigenvalue weighted by Gasteiger charge is -2.30. The number of nitrogens with zero attached hydrogens (tertiary/aromatic N) is 1. The Balaban J connectivity index is 0.00000261. The first kappa shape index (κ1) is 21.2. The zero-order valence-corrected chi connectivity index (χ0v) is 16.6. The van der Waals surface area contributed by atoms with E-state index in [9.17, 15) is 9.59 Å². The molecule has 2 aromatic carbocycles. The smallest absolute Gasteiger partial charge is 0.227 e. The van der Waals surface area contributed by atoms with Crippen molar-refractivity contribution in [1.29, 1.82) is 0 Å². The van der Waals surface area contributed by atoms with E-state index in [2.05, 4.69) is 5.32 Å². The van der Waals surface area contributed by atoms with Crippen LogP contribution in [-0.4, -0.2) is 17.9 Å². The summed E-state index contributed by atoms with van der Waals surface area (Å²) in [6.45, 7) is 2.30. The first-order chi connectivity index (χ1) is 12.4. The van der Waals surface area contributed by atoms with Gasteiger partial charge < -0.3 is 16.0 Å². The molecule has 0 radical (unpaired) electrons. The number of hydrogen-bond acceptors (Lipinski definition) is 3. The van der Waals surface area contributed by atoms with Crippen molar-refractivity contribution in [3.05, 3.63) is 58.6 Å². The van der Waals surface area contributed by atoms with Crippen LogP contribution in [0.4, 0.5) is 11.4 Å². The molecule has 1 heterocycles. The minimum Gasteiger partial charge on any atom is -0.327 e. The molecule has 0 saturated carbocycles. The second-order valence-electron chi connectivity index (χ2n) is 6.68. The van der Waals surface area contributed by atoms with Gasteiger partial charge in [0.2, 0.25) is 11.8 Å². The Kier molecular flexibility index (Phi) is 7.25. The third-order valence-electron chi connectivity index (χ3n) is 4.32. The molecule has 27 heavy (non-hydrogen) atoms. The minimum absolute atomic E-state index is 0. The number of hydrogen-bond donors (Lipinski definition) is 2. The first-order valence-corrected chi connectivity index (χ1v) is 9.03. The summed E-state index contributed by atoms with van der Waals surface area (Å²) in [5.41, 5.74) is 9.35. The molecule has 0 fully saturated rings. The normalized spacial score (nSPS) is 14.2. The van der Waals surface area contributed by atoms with Crippen LogP contribution in [0.5, 0.6) is 0 Å². The van der Waals surface area contributed by atoms with Crippen LogP contribution < -0.4 is 16.0 Å². The topological polar surface area (TPSA) is 75.4 Å². The molecular formula is C20H23Cl2N3O2. The van der Waals surface area contributed by atoms with Crippen LogP contribution in [0, 0.1) is 0 Å². The predicted octanol–water partition coefficient (Wildman–Crippen LogP) is 3.92. The minimum atomic E-state index is -0.180. The summed E-state index contributed by atoms with van der Waals surface area (Å²) < 4.78 is 0. The molecular weight excluding hydrogens is 385 g/mol. The molecule has 1 aliphatic heterocycles. The Hall–Kier alpha value is -2.08. The molecule has 144 valence electrons. The summed E-state index contributed by atoms with van der Waals surface area (Å²) in [6, 6.07) is 13.0. The number of carbonyl (C=O) groups is 2. The average Bonchev–Trinajstić information content (AvgIpc) is 2.58.